The highest BCUT2D eigenvalue weighted by Crippen LogP contribution is 2.34. The number of methoxy groups -OCH3 is 2. The smallest absolute Gasteiger partial charge is 0.265 e. The summed E-state index contributed by atoms with van der Waals surface area (Å²) >= 11 is 0. The molecule has 0 fully saturated rings. The van der Waals surface area contributed by atoms with Crippen LogP contribution in [0.3, 0.4) is 0 Å². The van der Waals surface area contributed by atoms with Crippen molar-refractivity contribution in [2.45, 2.75) is 12.5 Å². The van der Waals surface area contributed by atoms with Crippen LogP contribution in [0.2, 0.25) is 0 Å². The quantitative estimate of drug-likeness (QED) is 0.722. The molecule has 0 spiro atoms. The minimum absolute atomic E-state index is 0.165. The number of rotatable bonds is 5. The van der Waals surface area contributed by atoms with Gasteiger partial charge in [-0.25, -0.2) is 0 Å². The molecule has 142 valence electrons. The fourth-order valence-corrected chi connectivity index (χ4v) is 3.33. The number of carbonyl (C=O) groups is 1. The Labute approximate surface area is 163 Å². The van der Waals surface area contributed by atoms with Crippen molar-refractivity contribution >= 4 is 11.6 Å². The molecule has 1 N–H and O–H groups in total. The highest BCUT2D eigenvalue weighted by Gasteiger charge is 2.28. The van der Waals surface area contributed by atoms with Gasteiger partial charge < -0.3 is 19.5 Å². The van der Waals surface area contributed by atoms with Gasteiger partial charge in [-0.05, 0) is 47.5 Å². The van der Waals surface area contributed by atoms with Gasteiger partial charge >= 0.3 is 0 Å². The van der Waals surface area contributed by atoms with E-state index in [0.717, 1.165) is 33.9 Å². The van der Waals surface area contributed by atoms with Crippen LogP contribution in [0.5, 0.6) is 17.2 Å². The van der Waals surface area contributed by atoms with Gasteiger partial charge in [-0.3, -0.25) is 4.79 Å². The van der Waals surface area contributed by atoms with E-state index in [9.17, 15) is 4.79 Å². The van der Waals surface area contributed by atoms with Crippen LogP contribution in [0.15, 0.2) is 66.7 Å². The Morgan fingerprint density at radius 3 is 2.50 bits per heavy atom. The normalized spacial score (nSPS) is 14.7. The molecule has 1 aliphatic heterocycles. The van der Waals surface area contributed by atoms with E-state index in [0.29, 0.717) is 12.1 Å². The monoisotopic (exact) mass is 375 g/mol. The van der Waals surface area contributed by atoms with Crippen LogP contribution in [0.1, 0.15) is 5.56 Å². The van der Waals surface area contributed by atoms with Crippen molar-refractivity contribution < 1.29 is 19.0 Å². The first-order valence-corrected chi connectivity index (χ1v) is 9.06. The Hall–Kier alpha value is -3.47. The average molecular weight is 375 g/mol. The van der Waals surface area contributed by atoms with E-state index >= 15 is 0 Å². The second-order valence-electron chi connectivity index (χ2n) is 6.55. The van der Waals surface area contributed by atoms with Crippen LogP contribution in [-0.4, -0.2) is 26.2 Å². The van der Waals surface area contributed by atoms with Crippen molar-refractivity contribution in [3.8, 4) is 28.4 Å². The van der Waals surface area contributed by atoms with Gasteiger partial charge in [0.15, 0.2) is 6.10 Å². The summed E-state index contributed by atoms with van der Waals surface area (Å²) in [6, 6.07) is 21.0. The summed E-state index contributed by atoms with van der Waals surface area (Å²) in [5.41, 5.74) is 3.60. The van der Waals surface area contributed by atoms with E-state index in [4.69, 9.17) is 14.2 Å². The average Bonchev–Trinajstić information content (AvgIpc) is 3.18. The fourth-order valence-electron chi connectivity index (χ4n) is 3.33. The van der Waals surface area contributed by atoms with Crippen molar-refractivity contribution in [1.82, 2.24) is 0 Å². The van der Waals surface area contributed by atoms with Crippen LogP contribution in [0, 0.1) is 0 Å². The molecule has 1 amide bonds. The number of carbonyl (C=O) groups excluding carboxylic acids is 1. The molecular formula is C23H21NO4. The van der Waals surface area contributed by atoms with Crippen molar-refractivity contribution in [3.05, 3.63) is 72.3 Å². The SMILES string of the molecule is COc1ccc(-c2cc(NC(=O)[C@H]3Cc4ccccc4O3)ccc2OC)cc1. The van der Waals surface area contributed by atoms with Crippen LogP contribution in [-0.2, 0) is 11.2 Å². The van der Waals surface area contributed by atoms with Crippen molar-refractivity contribution in [1.29, 1.82) is 0 Å². The molecule has 5 nitrogen and oxygen atoms in total. The molecule has 3 aromatic rings. The Balaban J connectivity index is 1.54. The number of hydrogen-bond donors (Lipinski definition) is 1. The minimum Gasteiger partial charge on any atom is -0.497 e. The molecular weight excluding hydrogens is 354 g/mol. The predicted molar refractivity (Wildman–Crippen MR) is 108 cm³/mol. The molecule has 1 heterocycles. The highest BCUT2D eigenvalue weighted by molar-refractivity contribution is 5.96. The Morgan fingerprint density at radius 2 is 1.79 bits per heavy atom. The lowest BCUT2D eigenvalue weighted by atomic mass is 10.0. The van der Waals surface area contributed by atoms with Gasteiger partial charge in [-0.1, -0.05) is 30.3 Å². The lowest BCUT2D eigenvalue weighted by Gasteiger charge is -2.14. The van der Waals surface area contributed by atoms with Gasteiger partial charge in [0.25, 0.3) is 5.91 Å². The molecule has 1 aliphatic rings. The Kier molecular flexibility index (Phi) is 4.89. The van der Waals surface area contributed by atoms with E-state index < -0.39 is 6.10 Å². The number of anilines is 1. The van der Waals surface area contributed by atoms with E-state index in [-0.39, 0.29) is 5.91 Å². The van der Waals surface area contributed by atoms with E-state index in [1.165, 1.54) is 0 Å². The van der Waals surface area contributed by atoms with Gasteiger partial charge in [0.2, 0.25) is 0 Å². The first-order chi connectivity index (χ1) is 13.7. The lowest BCUT2D eigenvalue weighted by molar-refractivity contribution is -0.122. The standard InChI is InChI=1S/C23H21NO4/c1-26-18-10-7-15(8-11-18)19-14-17(9-12-21(19)27-2)24-23(25)22-13-16-5-3-4-6-20(16)28-22/h3-12,14,22H,13H2,1-2H3,(H,24,25)/t22-/m1/s1. The molecule has 28 heavy (non-hydrogen) atoms. The summed E-state index contributed by atoms with van der Waals surface area (Å²) in [6.07, 6.45) is 0.0488. The van der Waals surface area contributed by atoms with Crippen LogP contribution in [0.25, 0.3) is 11.1 Å². The molecule has 3 aromatic carbocycles. The number of fused-ring (bicyclic) bond motifs is 1. The molecule has 0 aromatic heterocycles. The maximum absolute atomic E-state index is 12.7. The van der Waals surface area contributed by atoms with Crippen molar-refractivity contribution in [2.24, 2.45) is 0 Å². The summed E-state index contributed by atoms with van der Waals surface area (Å²) in [6.45, 7) is 0. The predicted octanol–water partition coefficient (Wildman–Crippen LogP) is 4.31. The molecule has 5 heteroatoms. The van der Waals surface area contributed by atoms with E-state index in [2.05, 4.69) is 5.32 Å². The maximum atomic E-state index is 12.7. The number of amides is 1. The molecule has 0 bridgehead atoms. The van der Waals surface area contributed by atoms with Gasteiger partial charge in [-0.2, -0.15) is 0 Å². The van der Waals surface area contributed by atoms with Crippen LogP contribution >= 0.6 is 0 Å². The Bertz CT molecular complexity index is 973. The zero-order valence-electron chi connectivity index (χ0n) is 15.8. The summed E-state index contributed by atoms with van der Waals surface area (Å²) < 4.78 is 16.5. The fraction of sp³-hybridized carbons (Fsp3) is 0.174. The number of benzene rings is 3. The largest absolute Gasteiger partial charge is 0.497 e. The second kappa shape index (κ2) is 7.64. The third kappa shape index (κ3) is 3.51. The summed E-state index contributed by atoms with van der Waals surface area (Å²) in [7, 11) is 3.26. The molecule has 4 rings (SSSR count). The molecule has 0 radical (unpaired) electrons. The van der Waals surface area contributed by atoms with Crippen molar-refractivity contribution in [3.63, 3.8) is 0 Å². The third-order valence-corrected chi connectivity index (χ3v) is 4.81. The lowest BCUT2D eigenvalue weighted by Crippen LogP contribution is -2.31. The van der Waals surface area contributed by atoms with E-state index in [1.54, 1.807) is 14.2 Å². The number of para-hydroxylation sites is 1. The molecule has 1 atom stereocenters. The number of ether oxygens (including phenoxy) is 3. The minimum atomic E-state index is -0.524. The van der Waals surface area contributed by atoms with Gasteiger partial charge in [-0.15, -0.1) is 0 Å². The van der Waals surface area contributed by atoms with Gasteiger partial charge in [0.05, 0.1) is 14.2 Å². The summed E-state index contributed by atoms with van der Waals surface area (Å²) in [5, 5.41) is 2.96. The summed E-state index contributed by atoms with van der Waals surface area (Å²) in [4.78, 5) is 12.7. The van der Waals surface area contributed by atoms with Gasteiger partial charge in [0.1, 0.15) is 17.2 Å². The molecule has 0 aliphatic carbocycles. The molecule has 0 saturated heterocycles. The Morgan fingerprint density at radius 1 is 1.00 bits per heavy atom. The number of nitrogens with one attached hydrogen (secondary N) is 1. The summed E-state index contributed by atoms with van der Waals surface area (Å²) in [5.74, 6) is 2.12. The molecule has 0 saturated carbocycles. The van der Waals surface area contributed by atoms with Crippen molar-refractivity contribution in [2.75, 3.05) is 19.5 Å². The number of hydrogen-bond acceptors (Lipinski definition) is 4. The highest BCUT2D eigenvalue weighted by atomic mass is 16.5. The second-order valence-corrected chi connectivity index (χ2v) is 6.55. The van der Waals surface area contributed by atoms with Gasteiger partial charge in [0, 0.05) is 17.7 Å². The maximum Gasteiger partial charge on any atom is 0.265 e. The van der Waals surface area contributed by atoms with E-state index in [1.807, 2.05) is 66.7 Å². The zero-order valence-corrected chi connectivity index (χ0v) is 15.8. The van der Waals surface area contributed by atoms with Crippen LogP contribution < -0.4 is 19.5 Å². The van der Waals surface area contributed by atoms with Crippen LogP contribution in [0.4, 0.5) is 5.69 Å². The zero-order chi connectivity index (χ0) is 19.5. The third-order valence-electron chi connectivity index (χ3n) is 4.81. The first kappa shape index (κ1) is 17.9. The first-order valence-electron chi connectivity index (χ1n) is 9.06. The molecule has 0 unspecified atom stereocenters. The topological polar surface area (TPSA) is 56.8 Å².